The summed E-state index contributed by atoms with van der Waals surface area (Å²) in [7, 11) is 2.01. The minimum atomic E-state index is -0.585. The smallest absolute Gasteiger partial charge is 0.251 e. The van der Waals surface area contributed by atoms with Gasteiger partial charge in [-0.05, 0) is 43.0 Å². The van der Waals surface area contributed by atoms with Crippen LogP contribution in [0.25, 0.3) is 11.3 Å². The molecule has 7 nitrogen and oxygen atoms in total. The molecule has 0 fully saturated rings. The third kappa shape index (κ3) is 6.96. The van der Waals surface area contributed by atoms with Gasteiger partial charge in [-0.1, -0.05) is 52.0 Å². The SMILES string of the molecule is CCCOc1ccc(C(=O)NCC[C@H](O)Cc2ccc(-c3cn(C)c(C(C)(C)C)n3)cc2)cc1C#N. The zero-order chi connectivity index (χ0) is 26.3. The number of nitrogens with one attached hydrogen (secondary N) is 1. The average molecular weight is 489 g/mol. The van der Waals surface area contributed by atoms with E-state index in [1.165, 1.54) is 6.07 Å². The van der Waals surface area contributed by atoms with Crippen molar-refractivity contribution in [2.75, 3.05) is 13.2 Å². The van der Waals surface area contributed by atoms with E-state index in [0.717, 1.165) is 29.1 Å². The molecule has 1 atom stereocenters. The fourth-order valence-electron chi connectivity index (χ4n) is 4.04. The van der Waals surface area contributed by atoms with Crippen LogP contribution in [0.1, 0.15) is 67.8 Å². The van der Waals surface area contributed by atoms with Gasteiger partial charge >= 0.3 is 0 Å². The Bertz CT molecular complexity index is 1220. The number of carbonyl (C=O) groups is 1. The van der Waals surface area contributed by atoms with E-state index in [1.807, 2.05) is 44.4 Å². The molecule has 0 aliphatic heterocycles. The Kier molecular flexibility index (Phi) is 8.89. The highest BCUT2D eigenvalue weighted by Gasteiger charge is 2.20. The van der Waals surface area contributed by atoms with Crippen LogP contribution in [0, 0.1) is 11.3 Å². The number of aliphatic hydroxyl groups excluding tert-OH is 1. The maximum atomic E-state index is 12.5. The second kappa shape index (κ2) is 11.9. The highest BCUT2D eigenvalue weighted by molar-refractivity contribution is 5.94. The summed E-state index contributed by atoms with van der Waals surface area (Å²) in [5.74, 6) is 1.23. The number of imidazole rings is 1. The number of aromatic nitrogens is 2. The predicted octanol–water partition coefficient (Wildman–Crippen LogP) is 4.77. The topological polar surface area (TPSA) is 100 Å². The Morgan fingerprint density at radius 3 is 2.56 bits per heavy atom. The Hall–Kier alpha value is -3.63. The van der Waals surface area contributed by atoms with Crippen LogP contribution in [-0.4, -0.2) is 39.8 Å². The summed E-state index contributed by atoms with van der Waals surface area (Å²) < 4.78 is 7.61. The van der Waals surface area contributed by atoms with Crippen molar-refractivity contribution < 1.29 is 14.6 Å². The van der Waals surface area contributed by atoms with Gasteiger partial charge in [0.05, 0.1) is 24.0 Å². The van der Waals surface area contributed by atoms with Crippen molar-refractivity contribution in [2.24, 2.45) is 7.05 Å². The maximum Gasteiger partial charge on any atom is 0.251 e. The van der Waals surface area contributed by atoms with Gasteiger partial charge in [0.25, 0.3) is 5.91 Å². The molecule has 0 bridgehead atoms. The van der Waals surface area contributed by atoms with Gasteiger partial charge in [0, 0.05) is 36.3 Å². The molecule has 7 heteroatoms. The molecule has 0 saturated carbocycles. The molecule has 0 saturated heterocycles. The molecule has 3 rings (SSSR count). The number of nitrogens with zero attached hydrogens (tertiary/aromatic N) is 3. The van der Waals surface area contributed by atoms with E-state index in [9.17, 15) is 15.2 Å². The number of rotatable bonds is 10. The summed E-state index contributed by atoms with van der Waals surface area (Å²) in [6.45, 7) is 9.28. The van der Waals surface area contributed by atoms with Crippen LogP contribution in [-0.2, 0) is 18.9 Å². The minimum Gasteiger partial charge on any atom is -0.492 e. The molecule has 0 aliphatic carbocycles. The van der Waals surface area contributed by atoms with E-state index in [4.69, 9.17) is 9.72 Å². The number of ether oxygens (including phenoxy) is 1. The molecule has 1 aromatic heterocycles. The highest BCUT2D eigenvalue weighted by Crippen LogP contribution is 2.26. The fraction of sp³-hybridized carbons (Fsp3) is 0.414. The number of nitriles is 1. The number of amides is 1. The van der Waals surface area contributed by atoms with Crippen LogP contribution in [0.3, 0.4) is 0 Å². The summed E-state index contributed by atoms with van der Waals surface area (Å²) in [4.78, 5) is 17.3. The van der Waals surface area contributed by atoms with Crippen LogP contribution in [0.15, 0.2) is 48.7 Å². The largest absolute Gasteiger partial charge is 0.492 e. The summed E-state index contributed by atoms with van der Waals surface area (Å²) in [6.07, 6.45) is 3.21. The van der Waals surface area contributed by atoms with E-state index in [1.54, 1.807) is 12.1 Å². The van der Waals surface area contributed by atoms with Crippen LogP contribution in [0.5, 0.6) is 5.75 Å². The molecule has 0 radical (unpaired) electrons. The van der Waals surface area contributed by atoms with Crippen molar-refractivity contribution in [3.8, 4) is 23.1 Å². The number of aliphatic hydroxyl groups is 1. The summed E-state index contributed by atoms with van der Waals surface area (Å²) in [6, 6.07) is 15.0. The quantitative estimate of drug-likeness (QED) is 0.428. The summed E-state index contributed by atoms with van der Waals surface area (Å²) >= 11 is 0. The Morgan fingerprint density at radius 2 is 1.94 bits per heavy atom. The van der Waals surface area contributed by atoms with Crippen molar-refractivity contribution in [1.82, 2.24) is 14.9 Å². The molecule has 3 aromatic rings. The number of carbonyl (C=O) groups excluding carboxylic acids is 1. The molecule has 0 spiro atoms. The lowest BCUT2D eigenvalue weighted by atomic mass is 9.96. The van der Waals surface area contributed by atoms with Crippen molar-refractivity contribution in [3.05, 3.63) is 71.2 Å². The van der Waals surface area contributed by atoms with E-state index < -0.39 is 6.10 Å². The van der Waals surface area contributed by atoms with Crippen LogP contribution >= 0.6 is 0 Å². The Labute approximate surface area is 213 Å². The molecule has 2 aromatic carbocycles. The van der Waals surface area contributed by atoms with Gasteiger partial charge in [-0.25, -0.2) is 4.98 Å². The molecule has 0 unspecified atom stereocenters. The van der Waals surface area contributed by atoms with Gasteiger partial charge in [-0.3, -0.25) is 4.79 Å². The normalized spacial score (nSPS) is 12.1. The first kappa shape index (κ1) is 27.0. The molecule has 0 aliphatic rings. The minimum absolute atomic E-state index is 0.0308. The molecular formula is C29H36N4O3. The number of hydrogen-bond acceptors (Lipinski definition) is 5. The van der Waals surface area contributed by atoms with Crippen molar-refractivity contribution in [1.29, 1.82) is 5.26 Å². The lowest BCUT2D eigenvalue weighted by molar-refractivity contribution is 0.0943. The first-order chi connectivity index (χ1) is 17.1. The second-order valence-electron chi connectivity index (χ2n) is 10.1. The monoisotopic (exact) mass is 488 g/mol. The van der Waals surface area contributed by atoms with Gasteiger partial charge in [0.1, 0.15) is 17.6 Å². The number of aryl methyl sites for hydroxylation is 1. The molecule has 2 N–H and O–H groups in total. The third-order valence-corrected chi connectivity index (χ3v) is 5.86. The van der Waals surface area contributed by atoms with E-state index >= 15 is 0 Å². The van der Waals surface area contributed by atoms with Crippen molar-refractivity contribution in [3.63, 3.8) is 0 Å². The lowest BCUT2D eigenvalue weighted by Gasteiger charge is -2.17. The summed E-state index contributed by atoms with van der Waals surface area (Å²) in [5, 5.41) is 22.6. The first-order valence-corrected chi connectivity index (χ1v) is 12.4. The predicted molar refractivity (Wildman–Crippen MR) is 141 cm³/mol. The van der Waals surface area contributed by atoms with Gasteiger partial charge in [-0.2, -0.15) is 5.26 Å². The van der Waals surface area contributed by atoms with E-state index in [0.29, 0.717) is 42.9 Å². The molecule has 1 amide bonds. The van der Waals surface area contributed by atoms with E-state index in [2.05, 4.69) is 36.7 Å². The Balaban J connectivity index is 1.51. The van der Waals surface area contributed by atoms with Gasteiger partial charge in [0.2, 0.25) is 0 Å². The average Bonchev–Trinajstić information content (AvgIpc) is 3.25. The molecule has 1 heterocycles. The van der Waals surface area contributed by atoms with Crippen LogP contribution < -0.4 is 10.1 Å². The number of hydrogen-bond donors (Lipinski definition) is 2. The van der Waals surface area contributed by atoms with Gasteiger partial charge in [0.15, 0.2) is 0 Å². The van der Waals surface area contributed by atoms with Crippen LogP contribution in [0.2, 0.25) is 0 Å². The number of benzene rings is 2. The summed E-state index contributed by atoms with van der Waals surface area (Å²) in [5.41, 5.74) is 3.68. The zero-order valence-corrected chi connectivity index (χ0v) is 21.8. The van der Waals surface area contributed by atoms with Crippen molar-refractivity contribution in [2.45, 2.75) is 58.5 Å². The molecular weight excluding hydrogens is 452 g/mol. The highest BCUT2D eigenvalue weighted by atomic mass is 16.5. The standard InChI is InChI=1S/C29H36N4O3/c1-6-15-36-26-12-11-22(17-23(26)18-30)27(35)31-14-13-24(34)16-20-7-9-21(10-8-20)25-19-33(5)28(32-25)29(2,3)4/h7-12,17,19,24,34H,6,13-16H2,1-5H3,(H,31,35)/t24-/m0/s1. The zero-order valence-electron chi connectivity index (χ0n) is 21.8. The van der Waals surface area contributed by atoms with E-state index in [-0.39, 0.29) is 11.3 Å². The lowest BCUT2D eigenvalue weighted by Crippen LogP contribution is -2.27. The van der Waals surface area contributed by atoms with Crippen molar-refractivity contribution >= 4 is 5.91 Å². The fourth-order valence-corrected chi connectivity index (χ4v) is 4.04. The maximum absolute atomic E-state index is 12.5. The second-order valence-corrected chi connectivity index (χ2v) is 10.1. The van der Waals surface area contributed by atoms with Crippen LogP contribution in [0.4, 0.5) is 0 Å². The van der Waals surface area contributed by atoms with Gasteiger partial charge < -0.3 is 19.7 Å². The first-order valence-electron chi connectivity index (χ1n) is 12.4. The Morgan fingerprint density at radius 1 is 1.22 bits per heavy atom. The third-order valence-electron chi connectivity index (χ3n) is 5.86. The molecule has 190 valence electrons. The molecule has 36 heavy (non-hydrogen) atoms. The van der Waals surface area contributed by atoms with Gasteiger partial charge in [-0.15, -0.1) is 0 Å².